The van der Waals surface area contributed by atoms with Gasteiger partial charge in [0, 0.05) is 17.9 Å². The Kier molecular flexibility index (Phi) is 3.38. The van der Waals surface area contributed by atoms with Gasteiger partial charge >= 0.3 is 0 Å². The summed E-state index contributed by atoms with van der Waals surface area (Å²) in [6.45, 7) is 2.08. The van der Waals surface area contributed by atoms with Gasteiger partial charge < -0.3 is 5.32 Å². The van der Waals surface area contributed by atoms with Crippen LogP contribution in [0.4, 0.5) is 0 Å². The van der Waals surface area contributed by atoms with Crippen LogP contribution in [0.5, 0.6) is 0 Å². The maximum atomic E-state index is 4.30. The van der Waals surface area contributed by atoms with Crippen LogP contribution in [0.2, 0.25) is 0 Å². The lowest BCUT2D eigenvalue weighted by Gasteiger charge is -2.27. The fourth-order valence-corrected chi connectivity index (χ4v) is 4.17. The Labute approximate surface area is 110 Å². The van der Waals surface area contributed by atoms with Gasteiger partial charge in [0.2, 0.25) is 0 Å². The standard InChI is InChI=1S/C16H24N2/c1-11-7-14(5-6-18-11)16(17-2)10-15-9-12-3-4-13(15)8-12/h5-7,12-13,15-17H,3-4,8-10H2,1-2H3. The molecule has 2 aliphatic carbocycles. The van der Waals surface area contributed by atoms with Crippen molar-refractivity contribution in [2.45, 2.75) is 45.1 Å². The van der Waals surface area contributed by atoms with Gasteiger partial charge in [-0.15, -0.1) is 0 Å². The largest absolute Gasteiger partial charge is 0.313 e. The number of nitrogens with zero attached hydrogens (tertiary/aromatic N) is 1. The van der Waals surface area contributed by atoms with Crippen molar-refractivity contribution in [3.05, 3.63) is 29.6 Å². The lowest BCUT2D eigenvalue weighted by molar-refractivity contribution is 0.284. The van der Waals surface area contributed by atoms with Crippen molar-refractivity contribution in [3.63, 3.8) is 0 Å². The van der Waals surface area contributed by atoms with Crippen LogP contribution in [0.15, 0.2) is 18.3 Å². The zero-order chi connectivity index (χ0) is 12.5. The minimum Gasteiger partial charge on any atom is -0.313 e. The van der Waals surface area contributed by atoms with Gasteiger partial charge in [0.05, 0.1) is 0 Å². The molecule has 4 unspecified atom stereocenters. The number of pyridine rings is 1. The minimum absolute atomic E-state index is 0.510. The fraction of sp³-hybridized carbons (Fsp3) is 0.688. The summed E-state index contributed by atoms with van der Waals surface area (Å²) in [7, 11) is 2.09. The molecule has 0 spiro atoms. The van der Waals surface area contributed by atoms with Crippen molar-refractivity contribution in [2.75, 3.05) is 7.05 Å². The van der Waals surface area contributed by atoms with Crippen LogP contribution in [-0.4, -0.2) is 12.0 Å². The highest BCUT2D eigenvalue weighted by atomic mass is 14.9. The number of hydrogen-bond acceptors (Lipinski definition) is 2. The summed E-state index contributed by atoms with van der Waals surface area (Å²) >= 11 is 0. The van der Waals surface area contributed by atoms with E-state index in [0.29, 0.717) is 6.04 Å². The molecule has 18 heavy (non-hydrogen) atoms. The highest BCUT2D eigenvalue weighted by Crippen LogP contribution is 2.50. The molecule has 0 aromatic carbocycles. The van der Waals surface area contributed by atoms with Crippen molar-refractivity contribution < 1.29 is 0 Å². The van der Waals surface area contributed by atoms with Gasteiger partial charge in [-0.25, -0.2) is 0 Å². The first-order valence-corrected chi connectivity index (χ1v) is 7.36. The van der Waals surface area contributed by atoms with E-state index >= 15 is 0 Å². The van der Waals surface area contributed by atoms with Crippen LogP contribution in [-0.2, 0) is 0 Å². The molecule has 1 heterocycles. The molecule has 1 aromatic heterocycles. The van der Waals surface area contributed by atoms with Crippen molar-refractivity contribution in [1.29, 1.82) is 0 Å². The second kappa shape index (κ2) is 5.00. The Balaban J connectivity index is 1.69. The first kappa shape index (κ1) is 12.2. The molecular weight excluding hydrogens is 220 g/mol. The Morgan fingerprint density at radius 1 is 1.39 bits per heavy atom. The number of nitrogens with one attached hydrogen (secondary N) is 1. The summed E-state index contributed by atoms with van der Waals surface area (Å²) < 4.78 is 0. The van der Waals surface area contributed by atoms with Crippen LogP contribution < -0.4 is 5.32 Å². The van der Waals surface area contributed by atoms with Crippen molar-refractivity contribution in [1.82, 2.24) is 10.3 Å². The van der Waals surface area contributed by atoms with Gasteiger partial charge in [-0.05, 0) is 75.1 Å². The van der Waals surface area contributed by atoms with Crippen LogP contribution >= 0.6 is 0 Å². The Morgan fingerprint density at radius 2 is 2.28 bits per heavy atom. The molecule has 2 bridgehead atoms. The SMILES string of the molecule is CNC(CC1CC2CCC1C2)c1ccnc(C)c1. The first-order chi connectivity index (χ1) is 8.76. The minimum atomic E-state index is 0.510. The van der Waals surface area contributed by atoms with Crippen molar-refractivity contribution in [2.24, 2.45) is 17.8 Å². The lowest BCUT2D eigenvalue weighted by atomic mass is 9.83. The molecule has 3 rings (SSSR count). The molecule has 98 valence electrons. The number of aromatic nitrogens is 1. The normalized spacial score (nSPS) is 31.8. The molecule has 0 radical (unpaired) electrons. The third-order valence-electron chi connectivity index (χ3n) is 5.09. The summed E-state index contributed by atoms with van der Waals surface area (Å²) in [5, 5.41) is 3.50. The summed E-state index contributed by atoms with van der Waals surface area (Å²) in [6.07, 6.45) is 9.22. The molecular formula is C16H24N2. The van der Waals surface area contributed by atoms with Crippen molar-refractivity contribution >= 4 is 0 Å². The first-order valence-electron chi connectivity index (χ1n) is 7.36. The molecule has 2 fully saturated rings. The van der Waals surface area contributed by atoms with Crippen molar-refractivity contribution in [3.8, 4) is 0 Å². The molecule has 0 aliphatic heterocycles. The Bertz CT molecular complexity index is 415. The van der Waals surface area contributed by atoms with Crippen LogP contribution in [0.3, 0.4) is 0 Å². The van der Waals surface area contributed by atoms with Crippen LogP contribution in [0, 0.1) is 24.7 Å². The lowest BCUT2D eigenvalue weighted by Crippen LogP contribution is -2.22. The molecule has 4 atom stereocenters. The van der Waals surface area contributed by atoms with E-state index in [1.165, 1.54) is 37.7 Å². The fourth-order valence-electron chi connectivity index (χ4n) is 4.17. The highest BCUT2D eigenvalue weighted by molar-refractivity contribution is 5.19. The van der Waals surface area contributed by atoms with E-state index in [2.05, 4.69) is 36.4 Å². The third kappa shape index (κ3) is 2.31. The second-order valence-electron chi connectivity index (χ2n) is 6.24. The number of rotatable bonds is 4. The zero-order valence-electron chi connectivity index (χ0n) is 11.5. The van der Waals surface area contributed by atoms with Crippen LogP contribution in [0.1, 0.15) is 49.4 Å². The predicted octanol–water partition coefficient (Wildman–Crippen LogP) is 3.48. The quantitative estimate of drug-likeness (QED) is 0.877. The molecule has 2 aliphatic rings. The Hall–Kier alpha value is -0.890. The molecule has 2 nitrogen and oxygen atoms in total. The smallest absolute Gasteiger partial charge is 0.0375 e. The summed E-state index contributed by atoms with van der Waals surface area (Å²) in [5.74, 6) is 3.03. The molecule has 2 saturated carbocycles. The average molecular weight is 244 g/mol. The van der Waals surface area contributed by atoms with E-state index in [-0.39, 0.29) is 0 Å². The monoisotopic (exact) mass is 244 g/mol. The summed E-state index contributed by atoms with van der Waals surface area (Å²) in [6, 6.07) is 4.91. The van der Waals surface area contributed by atoms with E-state index in [9.17, 15) is 0 Å². The average Bonchev–Trinajstić information content (AvgIpc) is 2.98. The van der Waals surface area contributed by atoms with Gasteiger partial charge in [-0.3, -0.25) is 4.98 Å². The second-order valence-corrected chi connectivity index (χ2v) is 6.24. The van der Waals surface area contributed by atoms with Gasteiger partial charge in [-0.2, -0.15) is 0 Å². The van der Waals surface area contributed by atoms with E-state index in [1.807, 2.05) is 6.20 Å². The molecule has 0 amide bonds. The van der Waals surface area contributed by atoms with Crippen LogP contribution in [0.25, 0.3) is 0 Å². The molecule has 1 aromatic rings. The third-order valence-corrected chi connectivity index (χ3v) is 5.09. The highest BCUT2D eigenvalue weighted by Gasteiger charge is 2.40. The topological polar surface area (TPSA) is 24.9 Å². The number of aryl methyl sites for hydroxylation is 1. The predicted molar refractivity (Wildman–Crippen MR) is 74.3 cm³/mol. The van der Waals surface area contributed by atoms with Gasteiger partial charge in [0.15, 0.2) is 0 Å². The van der Waals surface area contributed by atoms with Gasteiger partial charge in [0.1, 0.15) is 0 Å². The number of fused-ring (bicyclic) bond motifs is 2. The van der Waals surface area contributed by atoms with Gasteiger partial charge in [0.25, 0.3) is 0 Å². The maximum absolute atomic E-state index is 4.30. The van der Waals surface area contributed by atoms with E-state index in [0.717, 1.165) is 23.4 Å². The van der Waals surface area contributed by atoms with E-state index in [1.54, 1.807) is 0 Å². The Morgan fingerprint density at radius 3 is 2.89 bits per heavy atom. The van der Waals surface area contributed by atoms with Gasteiger partial charge in [-0.1, -0.05) is 6.42 Å². The number of hydrogen-bond donors (Lipinski definition) is 1. The van der Waals surface area contributed by atoms with E-state index < -0.39 is 0 Å². The maximum Gasteiger partial charge on any atom is 0.0375 e. The molecule has 1 N–H and O–H groups in total. The summed E-state index contributed by atoms with van der Waals surface area (Å²) in [5.41, 5.74) is 2.54. The molecule has 0 saturated heterocycles. The van der Waals surface area contributed by atoms with E-state index in [4.69, 9.17) is 0 Å². The molecule has 2 heteroatoms. The zero-order valence-corrected chi connectivity index (χ0v) is 11.5. The summed E-state index contributed by atoms with van der Waals surface area (Å²) in [4.78, 5) is 4.30.